The largest absolute Gasteiger partial charge is 0.309 e. The summed E-state index contributed by atoms with van der Waals surface area (Å²) in [7, 11) is 0. The van der Waals surface area contributed by atoms with E-state index in [0.29, 0.717) is 0 Å². The van der Waals surface area contributed by atoms with Gasteiger partial charge in [-0.3, -0.25) is 0 Å². The minimum Gasteiger partial charge on any atom is -0.309 e. The summed E-state index contributed by atoms with van der Waals surface area (Å²) >= 11 is 1.87. The zero-order chi connectivity index (χ0) is 29.0. The predicted molar refractivity (Wildman–Crippen MR) is 188 cm³/mol. The molecule has 3 heterocycles. The van der Waals surface area contributed by atoms with E-state index in [2.05, 4.69) is 150 Å². The van der Waals surface area contributed by atoms with Crippen LogP contribution >= 0.6 is 11.3 Å². The lowest BCUT2D eigenvalue weighted by molar-refractivity contribution is 1.18. The van der Waals surface area contributed by atoms with Gasteiger partial charge in [-0.25, -0.2) is 4.98 Å². The molecular weight excluding hydrogens is 553 g/mol. The van der Waals surface area contributed by atoms with E-state index >= 15 is 0 Å². The number of aromatic nitrogens is 2. The summed E-state index contributed by atoms with van der Waals surface area (Å²) in [5.41, 5.74) is 10.1. The van der Waals surface area contributed by atoms with Gasteiger partial charge in [-0.2, -0.15) is 0 Å². The predicted octanol–water partition coefficient (Wildman–Crippen LogP) is 11.5. The first-order valence-corrected chi connectivity index (χ1v) is 15.7. The summed E-state index contributed by atoms with van der Waals surface area (Å²) in [5.74, 6) is 0. The molecule has 0 saturated carbocycles. The minimum atomic E-state index is 0.973. The molecule has 0 fully saturated rings. The van der Waals surface area contributed by atoms with Gasteiger partial charge in [-0.1, -0.05) is 109 Å². The second kappa shape index (κ2) is 10.0. The normalized spacial score (nSPS) is 11.6. The number of fused-ring (bicyclic) bond motifs is 6. The molecule has 0 bridgehead atoms. The first-order valence-electron chi connectivity index (χ1n) is 14.9. The van der Waals surface area contributed by atoms with Gasteiger partial charge in [0.15, 0.2) is 0 Å². The second-order valence-corrected chi connectivity index (χ2v) is 12.3. The van der Waals surface area contributed by atoms with Crippen molar-refractivity contribution < 1.29 is 0 Å². The van der Waals surface area contributed by atoms with Crippen molar-refractivity contribution in [3.05, 3.63) is 158 Å². The van der Waals surface area contributed by atoms with E-state index < -0.39 is 0 Å². The molecule has 44 heavy (non-hydrogen) atoms. The van der Waals surface area contributed by atoms with Gasteiger partial charge in [0.1, 0.15) is 0 Å². The topological polar surface area (TPSA) is 17.8 Å². The van der Waals surface area contributed by atoms with Gasteiger partial charge in [-0.05, 0) is 59.7 Å². The SMILES string of the molecule is c1ccc(-c2cc(-c3ccc(-n4c5ccccc5c5cc6sc7ccccc7c6cc54)cc3)cc(-c3ccccc3)n2)cc1. The quantitative estimate of drug-likeness (QED) is 0.203. The highest BCUT2D eigenvalue weighted by Gasteiger charge is 2.16. The van der Waals surface area contributed by atoms with E-state index in [1.807, 2.05) is 23.5 Å². The lowest BCUT2D eigenvalue weighted by Gasteiger charge is -2.12. The molecule has 0 aliphatic heterocycles. The molecule has 0 aliphatic rings. The van der Waals surface area contributed by atoms with Crippen LogP contribution in [0.5, 0.6) is 0 Å². The fourth-order valence-corrected chi connectivity index (χ4v) is 7.61. The molecule has 3 heteroatoms. The van der Waals surface area contributed by atoms with Crippen molar-refractivity contribution in [1.29, 1.82) is 0 Å². The summed E-state index contributed by atoms with van der Waals surface area (Å²) in [5, 5.41) is 5.21. The Morgan fingerprint density at radius 2 is 1.00 bits per heavy atom. The average Bonchev–Trinajstić information content (AvgIpc) is 3.63. The van der Waals surface area contributed by atoms with Crippen LogP contribution in [0, 0.1) is 0 Å². The number of hydrogen-bond acceptors (Lipinski definition) is 2. The zero-order valence-corrected chi connectivity index (χ0v) is 24.6. The van der Waals surface area contributed by atoms with Crippen LogP contribution in [0.25, 0.3) is 81.3 Å². The van der Waals surface area contributed by atoms with Gasteiger partial charge in [0, 0.05) is 47.8 Å². The van der Waals surface area contributed by atoms with Crippen molar-refractivity contribution >= 4 is 53.3 Å². The van der Waals surface area contributed by atoms with Crippen LogP contribution in [-0.2, 0) is 0 Å². The number of pyridine rings is 1. The van der Waals surface area contributed by atoms with Crippen molar-refractivity contribution in [1.82, 2.24) is 9.55 Å². The maximum atomic E-state index is 5.06. The molecule has 0 unspecified atom stereocenters. The summed E-state index contributed by atoms with van der Waals surface area (Å²) in [6, 6.07) is 56.5. The maximum Gasteiger partial charge on any atom is 0.0715 e. The fraction of sp³-hybridized carbons (Fsp3) is 0. The van der Waals surface area contributed by atoms with E-state index in [9.17, 15) is 0 Å². The van der Waals surface area contributed by atoms with Gasteiger partial charge in [0.05, 0.1) is 22.4 Å². The van der Waals surface area contributed by atoms with Crippen LogP contribution in [0.4, 0.5) is 0 Å². The van der Waals surface area contributed by atoms with Crippen molar-refractivity contribution in [3.8, 4) is 39.3 Å². The van der Waals surface area contributed by atoms with Gasteiger partial charge in [0.25, 0.3) is 0 Å². The fourth-order valence-electron chi connectivity index (χ4n) is 6.48. The number of nitrogens with zero attached hydrogens (tertiary/aromatic N) is 2. The van der Waals surface area contributed by atoms with Gasteiger partial charge < -0.3 is 4.57 Å². The third kappa shape index (κ3) is 4.05. The Balaban J connectivity index is 1.21. The Hall–Kier alpha value is -5.51. The van der Waals surface area contributed by atoms with E-state index in [1.54, 1.807) is 0 Å². The molecule has 0 atom stereocenters. The molecule has 0 amide bonds. The highest BCUT2D eigenvalue weighted by molar-refractivity contribution is 7.25. The van der Waals surface area contributed by atoms with E-state index in [1.165, 1.54) is 42.0 Å². The second-order valence-electron chi connectivity index (χ2n) is 11.2. The monoisotopic (exact) mass is 578 g/mol. The Morgan fingerprint density at radius 3 is 1.70 bits per heavy atom. The third-order valence-corrected chi connectivity index (χ3v) is 9.73. The van der Waals surface area contributed by atoms with Crippen LogP contribution in [0.15, 0.2) is 158 Å². The molecule has 3 aromatic heterocycles. The number of thiophene rings is 1. The molecule has 9 rings (SSSR count). The smallest absolute Gasteiger partial charge is 0.0715 e. The Kier molecular flexibility index (Phi) is 5.71. The Bertz CT molecular complexity index is 2410. The van der Waals surface area contributed by atoms with Crippen molar-refractivity contribution in [2.45, 2.75) is 0 Å². The van der Waals surface area contributed by atoms with Crippen LogP contribution in [0.3, 0.4) is 0 Å². The molecule has 0 spiro atoms. The number of rotatable bonds is 4. The summed E-state index contributed by atoms with van der Waals surface area (Å²) in [4.78, 5) is 5.06. The highest BCUT2D eigenvalue weighted by Crippen LogP contribution is 2.41. The zero-order valence-electron chi connectivity index (χ0n) is 23.8. The van der Waals surface area contributed by atoms with Crippen LogP contribution in [-0.4, -0.2) is 9.55 Å². The molecule has 206 valence electrons. The lowest BCUT2D eigenvalue weighted by Crippen LogP contribution is -1.94. The molecule has 6 aromatic carbocycles. The summed E-state index contributed by atoms with van der Waals surface area (Å²) in [6.07, 6.45) is 0. The van der Waals surface area contributed by atoms with Crippen LogP contribution in [0.2, 0.25) is 0 Å². The highest BCUT2D eigenvalue weighted by atomic mass is 32.1. The van der Waals surface area contributed by atoms with Crippen LogP contribution < -0.4 is 0 Å². The molecule has 0 saturated heterocycles. The number of benzene rings is 6. The van der Waals surface area contributed by atoms with Crippen molar-refractivity contribution in [2.75, 3.05) is 0 Å². The standard InChI is InChI=1S/C41H26N2S/c1-3-11-28(12-4-1)36-23-30(24-37(42-36)29-13-5-2-6-14-29)27-19-21-31(22-20-27)43-38-17-9-7-15-32(38)34-26-41-35(25-39(34)43)33-16-8-10-18-40(33)44-41/h1-26H. The summed E-state index contributed by atoms with van der Waals surface area (Å²) < 4.78 is 5.08. The first-order chi connectivity index (χ1) is 21.8. The maximum absolute atomic E-state index is 5.06. The number of para-hydroxylation sites is 1. The third-order valence-electron chi connectivity index (χ3n) is 8.59. The summed E-state index contributed by atoms with van der Waals surface area (Å²) in [6.45, 7) is 0. The average molecular weight is 579 g/mol. The van der Waals surface area contributed by atoms with E-state index in [4.69, 9.17) is 4.98 Å². The van der Waals surface area contributed by atoms with Gasteiger partial charge >= 0.3 is 0 Å². The van der Waals surface area contributed by atoms with E-state index in [0.717, 1.165) is 39.3 Å². The molecule has 0 N–H and O–H groups in total. The minimum absolute atomic E-state index is 0.973. The molecule has 0 aliphatic carbocycles. The van der Waals surface area contributed by atoms with E-state index in [-0.39, 0.29) is 0 Å². The van der Waals surface area contributed by atoms with Gasteiger partial charge in [0.2, 0.25) is 0 Å². The lowest BCUT2D eigenvalue weighted by atomic mass is 10.00. The molecular formula is C41H26N2S. The first kappa shape index (κ1) is 25.0. The molecule has 0 radical (unpaired) electrons. The molecule has 9 aromatic rings. The van der Waals surface area contributed by atoms with Gasteiger partial charge in [-0.15, -0.1) is 11.3 Å². The number of hydrogen-bond donors (Lipinski definition) is 0. The van der Waals surface area contributed by atoms with Crippen molar-refractivity contribution in [2.24, 2.45) is 0 Å². The molecule has 2 nitrogen and oxygen atoms in total. The van der Waals surface area contributed by atoms with Crippen molar-refractivity contribution in [3.63, 3.8) is 0 Å². The Labute approximate surface area is 259 Å². The Morgan fingerprint density at radius 1 is 0.386 bits per heavy atom. The van der Waals surface area contributed by atoms with Crippen LogP contribution in [0.1, 0.15) is 0 Å².